The fourth-order valence-electron chi connectivity index (χ4n) is 2.87. The average Bonchev–Trinajstić information content (AvgIpc) is 3.20. The van der Waals surface area contributed by atoms with Gasteiger partial charge in [-0.25, -0.2) is 13.8 Å². The van der Waals surface area contributed by atoms with Crippen LogP contribution >= 0.6 is 34.7 Å². The van der Waals surface area contributed by atoms with E-state index in [1.165, 1.54) is 22.0 Å². The molecular formula is C21H14ClF2N3O2S2. The topological polar surface area (TPSA) is 64.0 Å². The van der Waals surface area contributed by atoms with Gasteiger partial charge in [-0.1, -0.05) is 35.5 Å². The number of carbonyl (C=O) groups is 1. The number of benzene rings is 2. The number of hydrogen-bond donors (Lipinski definition) is 1. The fourth-order valence-corrected chi connectivity index (χ4v) is 4.66. The molecule has 10 heteroatoms. The van der Waals surface area contributed by atoms with Gasteiger partial charge in [-0.2, -0.15) is 0 Å². The van der Waals surface area contributed by atoms with Gasteiger partial charge in [0.2, 0.25) is 5.91 Å². The zero-order chi connectivity index (χ0) is 22.0. The van der Waals surface area contributed by atoms with Crippen LogP contribution in [0.1, 0.15) is 5.56 Å². The van der Waals surface area contributed by atoms with Crippen LogP contribution in [0.5, 0.6) is 0 Å². The molecule has 2 aromatic carbocycles. The van der Waals surface area contributed by atoms with E-state index in [0.29, 0.717) is 26.1 Å². The van der Waals surface area contributed by atoms with Gasteiger partial charge in [0.25, 0.3) is 5.56 Å². The van der Waals surface area contributed by atoms with E-state index in [0.717, 1.165) is 23.9 Å². The van der Waals surface area contributed by atoms with Crippen LogP contribution in [0.2, 0.25) is 5.02 Å². The molecule has 0 spiro atoms. The van der Waals surface area contributed by atoms with Crippen molar-refractivity contribution in [2.24, 2.45) is 0 Å². The Morgan fingerprint density at radius 2 is 2.03 bits per heavy atom. The van der Waals surface area contributed by atoms with Crippen molar-refractivity contribution in [1.82, 2.24) is 14.9 Å². The number of carbonyl (C=O) groups excluding carboxylic acids is 1. The highest BCUT2D eigenvalue weighted by molar-refractivity contribution is 7.99. The summed E-state index contributed by atoms with van der Waals surface area (Å²) < 4.78 is 28.7. The minimum atomic E-state index is -0.729. The molecule has 5 nitrogen and oxygen atoms in total. The largest absolute Gasteiger partial charge is 0.351 e. The minimum absolute atomic E-state index is 0.0501. The minimum Gasteiger partial charge on any atom is -0.351 e. The second kappa shape index (κ2) is 9.17. The number of hydrogen-bond acceptors (Lipinski definition) is 5. The molecule has 4 aromatic rings. The zero-order valence-electron chi connectivity index (χ0n) is 15.8. The van der Waals surface area contributed by atoms with Crippen molar-refractivity contribution in [2.75, 3.05) is 5.75 Å². The molecule has 2 heterocycles. The highest BCUT2D eigenvalue weighted by Crippen LogP contribution is 2.24. The van der Waals surface area contributed by atoms with E-state index < -0.39 is 11.6 Å². The summed E-state index contributed by atoms with van der Waals surface area (Å²) in [5.74, 6) is -1.85. The number of fused-ring (bicyclic) bond motifs is 1. The number of amides is 1. The van der Waals surface area contributed by atoms with Gasteiger partial charge in [-0.05, 0) is 35.7 Å². The summed E-state index contributed by atoms with van der Waals surface area (Å²) in [6, 6.07) is 11.7. The third-order valence-corrected chi connectivity index (χ3v) is 6.40. The average molecular weight is 478 g/mol. The van der Waals surface area contributed by atoms with Crippen molar-refractivity contribution in [1.29, 1.82) is 0 Å². The highest BCUT2D eigenvalue weighted by Gasteiger charge is 2.16. The molecule has 1 amide bonds. The molecule has 0 saturated heterocycles. The van der Waals surface area contributed by atoms with Gasteiger partial charge in [0.05, 0.1) is 17.0 Å². The number of nitrogens with one attached hydrogen (secondary N) is 1. The summed E-state index contributed by atoms with van der Waals surface area (Å²) in [7, 11) is 0. The van der Waals surface area contributed by atoms with Crippen LogP contribution in [0.25, 0.3) is 15.9 Å². The Morgan fingerprint density at radius 1 is 1.19 bits per heavy atom. The Hall–Kier alpha value is -2.75. The molecule has 0 unspecified atom stereocenters. The van der Waals surface area contributed by atoms with E-state index in [9.17, 15) is 18.4 Å². The summed E-state index contributed by atoms with van der Waals surface area (Å²) in [5, 5.41) is 5.16. The van der Waals surface area contributed by atoms with Crippen molar-refractivity contribution in [3.05, 3.63) is 86.5 Å². The van der Waals surface area contributed by atoms with Crippen LogP contribution in [0, 0.1) is 11.6 Å². The molecule has 0 radical (unpaired) electrons. The molecule has 0 aliphatic carbocycles. The van der Waals surface area contributed by atoms with Crippen molar-refractivity contribution in [3.63, 3.8) is 0 Å². The van der Waals surface area contributed by atoms with Gasteiger partial charge in [0, 0.05) is 23.2 Å². The Labute approximate surface area is 188 Å². The fraction of sp³-hybridized carbons (Fsp3) is 0.0952. The third kappa shape index (κ3) is 4.79. The maximum Gasteiger partial charge on any atom is 0.276 e. The lowest BCUT2D eigenvalue weighted by Crippen LogP contribution is -2.26. The molecule has 0 bridgehead atoms. The highest BCUT2D eigenvalue weighted by atomic mass is 35.5. The van der Waals surface area contributed by atoms with Gasteiger partial charge in [-0.3, -0.25) is 14.2 Å². The van der Waals surface area contributed by atoms with Gasteiger partial charge in [0.1, 0.15) is 16.3 Å². The lowest BCUT2D eigenvalue weighted by Gasteiger charge is -2.12. The van der Waals surface area contributed by atoms with Crippen LogP contribution in [0.15, 0.2) is 63.9 Å². The summed E-state index contributed by atoms with van der Waals surface area (Å²) >= 11 is 8.45. The first-order valence-electron chi connectivity index (χ1n) is 9.02. The summed E-state index contributed by atoms with van der Waals surface area (Å²) in [6.07, 6.45) is 0. The van der Waals surface area contributed by atoms with Crippen molar-refractivity contribution >= 4 is 50.8 Å². The van der Waals surface area contributed by atoms with Crippen LogP contribution < -0.4 is 10.9 Å². The molecular weight excluding hydrogens is 464 g/mol. The molecule has 1 N–H and O–H groups in total. The van der Waals surface area contributed by atoms with Crippen LogP contribution in [-0.4, -0.2) is 21.2 Å². The summed E-state index contributed by atoms with van der Waals surface area (Å²) in [5.41, 5.74) is 1.01. The molecule has 0 aliphatic rings. The van der Waals surface area contributed by atoms with Crippen molar-refractivity contribution in [3.8, 4) is 5.69 Å². The Bertz CT molecular complexity index is 1340. The van der Waals surface area contributed by atoms with E-state index in [4.69, 9.17) is 11.6 Å². The lowest BCUT2D eigenvalue weighted by molar-refractivity contribution is -0.118. The standard InChI is InChI=1S/C21H14ClF2N3O2S2/c22-13-2-1-3-15(8-13)27-20(29)19-17(6-7-30-19)26-21(27)31-11-18(28)25-10-12-4-5-14(23)9-16(12)24/h1-9H,10-11H2,(H,25,28). The number of thiophene rings is 1. The number of aromatic nitrogens is 2. The van der Waals surface area contributed by atoms with Gasteiger partial charge >= 0.3 is 0 Å². The number of nitrogens with zero attached hydrogens (tertiary/aromatic N) is 2. The summed E-state index contributed by atoms with van der Waals surface area (Å²) in [6.45, 7) is -0.0798. The first-order chi connectivity index (χ1) is 14.9. The van der Waals surface area contributed by atoms with E-state index in [2.05, 4.69) is 10.3 Å². The predicted molar refractivity (Wildman–Crippen MR) is 119 cm³/mol. The van der Waals surface area contributed by atoms with Crippen LogP contribution in [0.4, 0.5) is 8.78 Å². The van der Waals surface area contributed by atoms with E-state index in [1.807, 2.05) is 0 Å². The molecule has 31 heavy (non-hydrogen) atoms. The second-order valence-electron chi connectivity index (χ2n) is 6.45. The normalized spacial score (nSPS) is 11.1. The van der Waals surface area contributed by atoms with E-state index in [-0.39, 0.29) is 29.3 Å². The molecule has 0 saturated carbocycles. The molecule has 2 aromatic heterocycles. The smallest absolute Gasteiger partial charge is 0.276 e. The number of thioether (sulfide) groups is 1. The predicted octanol–water partition coefficient (Wildman–Crippen LogP) is 4.79. The zero-order valence-corrected chi connectivity index (χ0v) is 18.2. The first kappa shape index (κ1) is 21.5. The molecule has 0 atom stereocenters. The van der Waals surface area contributed by atoms with Crippen LogP contribution in [0.3, 0.4) is 0 Å². The van der Waals surface area contributed by atoms with Crippen LogP contribution in [-0.2, 0) is 11.3 Å². The Balaban J connectivity index is 1.55. The van der Waals surface area contributed by atoms with E-state index in [1.54, 1.807) is 35.7 Å². The number of rotatable bonds is 6. The maximum absolute atomic E-state index is 13.7. The molecule has 158 valence electrons. The lowest BCUT2D eigenvalue weighted by atomic mass is 10.2. The first-order valence-corrected chi connectivity index (χ1v) is 11.3. The quantitative estimate of drug-likeness (QED) is 0.320. The van der Waals surface area contributed by atoms with Crippen molar-refractivity contribution < 1.29 is 13.6 Å². The Morgan fingerprint density at radius 3 is 2.81 bits per heavy atom. The number of halogens is 3. The SMILES string of the molecule is O=C(CSc1nc2ccsc2c(=O)n1-c1cccc(Cl)c1)NCc1ccc(F)cc1F. The molecule has 4 rings (SSSR count). The van der Waals surface area contributed by atoms with Gasteiger partial charge in [0.15, 0.2) is 5.16 Å². The Kier molecular flexibility index (Phi) is 6.35. The monoisotopic (exact) mass is 477 g/mol. The molecule has 0 aliphatic heterocycles. The van der Waals surface area contributed by atoms with Gasteiger partial charge in [-0.15, -0.1) is 11.3 Å². The van der Waals surface area contributed by atoms with Crippen molar-refractivity contribution in [2.45, 2.75) is 11.7 Å². The second-order valence-corrected chi connectivity index (χ2v) is 8.75. The molecule has 0 fully saturated rings. The van der Waals surface area contributed by atoms with Gasteiger partial charge < -0.3 is 5.32 Å². The third-order valence-electron chi connectivity index (χ3n) is 4.34. The van der Waals surface area contributed by atoms with E-state index >= 15 is 0 Å². The summed E-state index contributed by atoms with van der Waals surface area (Å²) in [4.78, 5) is 29.9. The maximum atomic E-state index is 13.7.